The van der Waals surface area contributed by atoms with E-state index in [0.717, 1.165) is 4.90 Å². The molecule has 0 radical (unpaired) electrons. The second kappa shape index (κ2) is 15.1. The van der Waals surface area contributed by atoms with Gasteiger partial charge in [0.05, 0.1) is 27.0 Å². The maximum atomic E-state index is 14.3. The number of nitrogens with zero attached hydrogens (tertiary/aromatic N) is 2. The summed E-state index contributed by atoms with van der Waals surface area (Å²) in [4.78, 5) is 56.4. The Balaban J connectivity index is 1.81. The lowest BCUT2D eigenvalue weighted by Crippen LogP contribution is -2.57. The van der Waals surface area contributed by atoms with Crippen LogP contribution in [0.15, 0.2) is 79.0 Å². The van der Waals surface area contributed by atoms with Gasteiger partial charge in [-0.3, -0.25) is 24.1 Å². The largest absolute Gasteiger partial charge is 0.493 e. The van der Waals surface area contributed by atoms with Gasteiger partial charge in [0.1, 0.15) is 18.6 Å². The molecule has 0 bridgehead atoms. The van der Waals surface area contributed by atoms with Crippen molar-refractivity contribution in [3.63, 3.8) is 0 Å². The Morgan fingerprint density at radius 3 is 1.94 bits per heavy atom. The van der Waals surface area contributed by atoms with Gasteiger partial charge in [0.25, 0.3) is 17.6 Å². The molecular weight excluding hydrogens is 631 g/mol. The Morgan fingerprint density at radius 2 is 1.44 bits per heavy atom. The first-order valence-corrected chi connectivity index (χ1v) is 15.0. The Kier molecular flexibility index (Phi) is 11.1. The van der Waals surface area contributed by atoms with Crippen molar-refractivity contribution in [1.29, 1.82) is 0 Å². The number of ether oxygens (including phenoxy) is 3. The zero-order valence-corrected chi connectivity index (χ0v) is 27.0. The fourth-order valence-corrected chi connectivity index (χ4v) is 5.46. The number of benzene rings is 3. The number of Topliss-reactive ketones (excluding diaryl/α,β-unsaturated/α-hetero) is 1. The maximum Gasteiger partial charge on any atom is 0.452 e. The highest BCUT2D eigenvalue weighted by Gasteiger charge is 2.45. The van der Waals surface area contributed by atoms with E-state index < -0.39 is 60.6 Å². The summed E-state index contributed by atoms with van der Waals surface area (Å²) in [7, 11) is 4.18. The predicted octanol–water partition coefficient (Wildman–Crippen LogP) is 4.88. The molecule has 0 aliphatic carbocycles. The van der Waals surface area contributed by atoms with Crippen molar-refractivity contribution in [3.8, 4) is 17.2 Å². The van der Waals surface area contributed by atoms with Gasteiger partial charge in [0.2, 0.25) is 11.7 Å². The first-order chi connectivity index (χ1) is 22.8. The van der Waals surface area contributed by atoms with Crippen LogP contribution in [0.3, 0.4) is 0 Å². The van der Waals surface area contributed by atoms with Gasteiger partial charge >= 0.3 is 6.18 Å². The van der Waals surface area contributed by atoms with Crippen LogP contribution in [0, 0.1) is 5.92 Å². The second-order valence-electron chi connectivity index (χ2n) is 11.3. The van der Waals surface area contributed by atoms with Crippen LogP contribution in [-0.2, 0) is 20.8 Å². The van der Waals surface area contributed by atoms with Crippen LogP contribution in [0.5, 0.6) is 17.2 Å². The topological polar surface area (TPSA) is 114 Å². The van der Waals surface area contributed by atoms with Crippen molar-refractivity contribution in [2.45, 2.75) is 38.5 Å². The van der Waals surface area contributed by atoms with Crippen molar-refractivity contribution in [2.24, 2.45) is 5.92 Å². The van der Waals surface area contributed by atoms with Gasteiger partial charge in [0, 0.05) is 23.7 Å². The lowest BCUT2D eigenvalue weighted by molar-refractivity contribution is -0.173. The van der Waals surface area contributed by atoms with E-state index in [2.05, 4.69) is 5.32 Å². The van der Waals surface area contributed by atoms with Gasteiger partial charge in [-0.1, -0.05) is 62.4 Å². The molecule has 2 unspecified atom stereocenters. The van der Waals surface area contributed by atoms with Crippen LogP contribution >= 0.6 is 0 Å². The minimum atomic E-state index is -5.23. The molecule has 3 aromatic rings. The molecule has 3 amide bonds. The highest BCUT2D eigenvalue weighted by molar-refractivity contribution is 6.04. The quantitative estimate of drug-likeness (QED) is 0.293. The monoisotopic (exact) mass is 667 g/mol. The number of methoxy groups -OCH3 is 3. The van der Waals surface area contributed by atoms with Crippen molar-refractivity contribution >= 4 is 29.2 Å². The molecule has 1 heterocycles. The number of hydrogen-bond donors (Lipinski definition) is 1. The van der Waals surface area contributed by atoms with Crippen molar-refractivity contribution in [2.75, 3.05) is 27.9 Å². The van der Waals surface area contributed by atoms with Crippen molar-refractivity contribution in [3.05, 3.63) is 95.7 Å². The molecule has 1 N–H and O–H groups in total. The summed E-state index contributed by atoms with van der Waals surface area (Å²) in [5.41, 5.74) is 1.02. The summed E-state index contributed by atoms with van der Waals surface area (Å²) in [5, 5.41) is 2.20. The predicted molar refractivity (Wildman–Crippen MR) is 170 cm³/mol. The van der Waals surface area contributed by atoms with Crippen LogP contribution in [0.25, 0.3) is 5.70 Å². The molecule has 0 spiro atoms. The number of ketones is 1. The number of rotatable bonds is 12. The van der Waals surface area contributed by atoms with E-state index >= 15 is 0 Å². The summed E-state index contributed by atoms with van der Waals surface area (Å²) in [6.45, 7) is 2.68. The Hall–Kier alpha value is -5.33. The van der Waals surface area contributed by atoms with Crippen molar-refractivity contribution < 1.29 is 46.6 Å². The number of amides is 3. The fourth-order valence-electron chi connectivity index (χ4n) is 5.46. The van der Waals surface area contributed by atoms with Gasteiger partial charge in [-0.05, 0) is 35.7 Å². The summed E-state index contributed by atoms with van der Waals surface area (Å²) in [6, 6.07) is 16.2. The lowest BCUT2D eigenvalue weighted by atomic mass is 9.95. The van der Waals surface area contributed by atoms with E-state index in [9.17, 15) is 32.3 Å². The van der Waals surface area contributed by atoms with Crippen molar-refractivity contribution in [1.82, 2.24) is 15.1 Å². The summed E-state index contributed by atoms with van der Waals surface area (Å²) >= 11 is 0. The van der Waals surface area contributed by atoms with Gasteiger partial charge in [-0.25, -0.2) is 0 Å². The molecule has 48 heavy (non-hydrogen) atoms. The first kappa shape index (κ1) is 35.5. The van der Waals surface area contributed by atoms with E-state index in [4.69, 9.17) is 14.2 Å². The number of alkyl halides is 3. The minimum Gasteiger partial charge on any atom is -0.493 e. The Morgan fingerprint density at radius 1 is 0.875 bits per heavy atom. The molecule has 0 saturated carbocycles. The minimum absolute atomic E-state index is 0.0531. The molecule has 254 valence electrons. The van der Waals surface area contributed by atoms with E-state index in [1.54, 1.807) is 62.4 Å². The van der Waals surface area contributed by atoms with Gasteiger partial charge in [-0.2, -0.15) is 13.2 Å². The molecule has 3 aromatic carbocycles. The first-order valence-electron chi connectivity index (χ1n) is 15.0. The van der Waals surface area contributed by atoms with Crippen LogP contribution < -0.4 is 19.5 Å². The number of carbonyl (C=O) groups is 4. The maximum absolute atomic E-state index is 14.3. The summed E-state index contributed by atoms with van der Waals surface area (Å²) in [5.74, 6) is -4.12. The highest BCUT2D eigenvalue weighted by atomic mass is 19.4. The normalized spacial score (nSPS) is 15.5. The molecule has 10 nitrogen and oxygen atoms in total. The van der Waals surface area contributed by atoms with E-state index in [-0.39, 0.29) is 28.5 Å². The summed E-state index contributed by atoms with van der Waals surface area (Å²) < 4.78 is 57.2. The molecule has 1 aliphatic heterocycles. The third kappa shape index (κ3) is 7.79. The molecule has 4 rings (SSSR count). The molecule has 2 atom stereocenters. The average Bonchev–Trinajstić information content (AvgIpc) is 3.07. The highest BCUT2D eigenvalue weighted by Crippen LogP contribution is 2.42. The zero-order valence-electron chi connectivity index (χ0n) is 27.0. The zero-order chi connectivity index (χ0) is 35.2. The van der Waals surface area contributed by atoms with E-state index in [1.807, 2.05) is 0 Å². The SMILES string of the molecule is COc1cc(C2=CN(C(=O)c3ccccc3)C(C(C)C)C(=O)N2CC(=O)NC(Cc2ccccc2)C(=O)C(F)(F)F)cc(OC)c1OC. The van der Waals surface area contributed by atoms with Gasteiger partial charge in [-0.15, -0.1) is 0 Å². The van der Waals surface area contributed by atoms with Gasteiger partial charge in [0.15, 0.2) is 11.5 Å². The summed E-state index contributed by atoms with van der Waals surface area (Å²) in [6.07, 6.45) is -4.24. The molecule has 0 aromatic heterocycles. The standard InChI is InChI=1S/C35H36F3N3O7/c1-21(2)30-34(45)40(20-29(42)39-25(32(43)35(36,37)38)16-22-12-8-6-9-13-22)26(19-41(30)33(44)23-14-10-7-11-15-23)24-17-27(46-3)31(48-5)28(18-24)47-4/h6-15,17-19,21,25,30H,16,20H2,1-5H3,(H,39,42). The molecule has 0 fully saturated rings. The Bertz CT molecular complexity index is 1650. The number of halogens is 3. The molecule has 1 aliphatic rings. The average molecular weight is 668 g/mol. The third-order valence-corrected chi connectivity index (χ3v) is 7.73. The molecule has 0 saturated heterocycles. The Labute approximate surface area is 276 Å². The smallest absolute Gasteiger partial charge is 0.452 e. The fraction of sp³-hybridized carbons (Fsp3) is 0.314. The number of nitrogens with one attached hydrogen (secondary N) is 1. The van der Waals surface area contributed by atoms with E-state index in [0.29, 0.717) is 11.1 Å². The number of hydrogen-bond acceptors (Lipinski definition) is 7. The van der Waals surface area contributed by atoms with Crippen LogP contribution in [0.1, 0.15) is 35.3 Å². The van der Waals surface area contributed by atoms with Gasteiger partial charge < -0.3 is 24.4 Å². The molecule has 13 heteroatoms. The van der Waals surface area contributed by atoms with E-state index in [1.165, 1.54) is 56.7 Å². The third-order valence-electron chi connectivity index (χ3n) is 7.73. The van der Waals surface area contributed by atoms with Crippen LogP contribution in [-0.4, -0.2) is 79.4 Å². The van der Waals surface area contributed by atoms with Crippen LogP contribution in [0.4, 0.5) is 13.2 Å². The van der Waals surface area contributed by atoms with Crippen LogP contribution in [0.2, 0.25) is 0 Å². The second-order valence-corrected chi connectivity index (χ2v) is 11.3. The lowest BCUT2D eigenvalue weighted by Gasteiger charge is -2.41. The molecular formula is C35H36F3N3O7. The number of carbonyl (C=O) groups excluding carboxylic acids is 4.